The van der Waals surface area contributed by atoms with Gasteiger partial charge in [-0.3, -0.25) is 14.9 Å². The van der Waals surface area contributed by atoms with Gasteiger partial charge in [-0.1, -0.05) is 51.4 Å². The lowest BCUT2D eigenvalue weighted by molar-refractivity contribution is -0.384. The number of carbonyl (C=O) groups excluding carboxylic acids is 1. The lowest BCUT2D eigenvalue weighted by Gasteiger charge is -2.21. The highest BCUT2D eigenvalue weighted by molar-refractivity contribution is 5.76. The van der Waals surface area contributed by atoms with E-state index < -0.39 is 11.0 Å². The van der Waals surface area contributed by atoms with Crippen LogP contribution in [0.2, 0.25) is 0 Å². The molecule has 0 saturated carbocycles. The SMILES string of the molecule is CCC(C)C(NC(=O)CC(C)C)c1nc(-c2cccc([N+](=O)[O-])c2)no1. The zero-order valence-electron chi connectivity index (χ0n) is 15.4. The van der Waals surface area contributed by atoms with Crippen LogP contribution < -0.4 is 5.32 Å². The van der Waals surface area contributed by atoms with Crippen molar-refractivity contribution >= 4 is 11.6 Å². The van der Waals surface area contributed by atoms with Gasteiger partial charge in [0.25, 0.3) is 5.69 Å². The van der Waals surface area contributed by atoms with Gasteiger partial charge in [0.05, 0.1) is 4.92 Å². The third kappa shape index (κ3) is 4.87. The summed E-state index contributed by atoms with van der Waals surface area (Å²) in [5.74, 6) is 0.841. The van der Waals surface area contributed by atoms with Crippen molar-refractivity contribution < 1.29 is 14.2 Å². The van der Waals surface area contributed by atoms with Crippen molar-refractivity contribution in [2.24, 2.45) is 11.8 Å². The highest BCUT2D eigenvalue weighted by atomic mass is 16.6. The predicted octanol–water partition coefficient (Wildman–Crippen LogP) is 3.89. The molecule has 0 aliphatic heterocycles. The molecule has 1 aromatic heterocycles. The fraction of sp³-hybridized carbons (Fsp3) is 0.500. The molecule has 8 heteroatoms. The van der Waals surface area contributed by atoms with E-state index in [-0.39, 0.29) is 29.3 Å². The molecule has 1 heterocycles. The zero-order chi connectivity index (χ0) is 19.3. The van der Waals surface area contributed by atoms with E-state index in [0.717, 1.165) is 6.42 Å². The van der Waals surface area contributed by atoms with Gasteiger partial charge in [-0.05, 0) is 11.8 Å². The van der Waals surface area contributed by atoms with Crippen molar-refractivity contribution in [1.82, 2.24) is 15.5 Å². The third-order valence-corrected chi connectivity index (χ3v) is 4.15. The van der Waals surface area contributed by atoms with Gasteiger partial charge in [0.2, 0.25) is 17.6 Å². The average molecular weight is 360 g/mol. The fourth-order valence-electron chi connectivity index (χ4n) is 2.52. The monoisotopic (exact) mass is 360 g/mol. The van der Waals surface area contributed by atoms with Crippen LogP contribution in [0.1, 0.15) is 52.5 Å². The molecule has 0 fully saturated rings. The summed E-state index contributed by atoms with van der Waals surface area (Å²) in [5, 5.41) is 17.8. The molecule has 0 aliphatic rings. The van der Waals surface area contributed by atoms with Gasteiger partial charge in [0.1, 0.15) is 6.04 Å². The van der Waals surface area contributed by atoms with E-state index in [4.69, 9.17) is 4.52 Å². The van der Waals surface area contributed by atoms with Crippen LogP contribution in [0.3, 0.4) is 0 Å². The van der Waals surface area contributed by atoms with Crippen LogP contribution in [0.15, 0.2) is 28.8 Å². The van der Waals surface area contributed by atoms with E-state index in [1.807, 2.05) is 27.7 Å². The van der Waals surface area contributed by atoms with Crippen LogP contribution in [0.25, 0.3) is 11.4 Å². The maximum Gasteiger partial charge on any atom is 0.270 e. The van der Waals surface area contributed by atoms with Crippen LogP contribution in [0.4, 0.5) is 5.69 Å². The largest absolute Gasteiger partial charge is 0.344 e. The number of nitro groups is 1. The molecule has 140 valence electrons. The summed E-state index contributed by atoms with van der Waals surface area (Å²) >= 11 is 0. The molecule has 8 nitrogen and oxygen atoms in total. The van der Waals surface area contributed by atoms with Crippen molar-refractivity contribution in [2.45, 2.75) is 46.6 Å². The van der Waals surface area contributed by atoms with E-state index in [0.29, 0.717) is 17.9 Å². The number of carbonyl (C=O) groups is 1. The Morgan fingerprint density at radius 1 is 1.35 bits per heavy atom. The molecule has 0 bridgehead atoms. The molecule has 2 atom stereocenters. The Balaban J connectivity index is 2.27. The fourth-order valence-corrected chi connectivity index (χ4v) is 2.52. The minimum absolute atomic E-state index is 0.0439. The van der Waals surface area contributed by atoms with Gasteiger partial charge in [-0.15, -0.1) is 0 Å². The van der Waals surface area contributed by atoms with Crippen LogP contribution in [0.5, 0.6) is 0 Å². The Morgan fingerprint density at radius 3 is 2.69 bits per heavy atom. The first-order chi connectivity index (χ1) is 12.3. The summed E-state index contributed by atoms with van der Waals surface area (Å²) in [7, 11) is 0. The number of rotatable bonds is 8. The first-order valence-corrected chi connectivity index (χ1v) is 8.69. The molecular weight excluding hydrogens is 336 g/mol. The Labute approximate surface area is 152 Å². The summed E-state index contributed by atoms with van der Waals surface area (Å²) < 4.78 is 5.36. The quantitative estimate of drug-likeness (QED) is 0.564. The van der Waals surface area contributed by atoms with Crippen molar-refractivity contribution in [1.29, 1.82) is 0 Å². The van der Waals surface area contributed by atoms with Gasteiger partial charge in [0, 0.05) is 24.1 Å². The van der Waals surface area contributed by atoms with Crippen LogP contribution in [-0.2, 0) is 4.79 Å². The molecule has 2 unspecified atom stereocenters. The Morgan fingerprint density at radius 2 is 2.08 bits per heavy atom. The van der Waals surface area contributed by atoms with Gasteiger partial charge in [-0.25, -0.2) is 0 Å². The molecule has 1 aromatic carbocycles. The van der Waals surface area contributed by atoms with Gasteiger partial charge < -0.3 is 9.84 Å². The molecule has 1 amide bonds. The minimum Gasteiger partial charge on any atom is -0.344 e. The standard InChI is InChI=1S/C18H24N4O4/c1-5-12(4)16(19-15(23)9-11(2)3)18-20-17(21-26-18)13-7-6-8-14(10-13)22(24)25/h6-8,10-12,16H,5,9H2,1-4H3,(H,19,23). The van der Waals surface area contributed by atoms with Crippen molar-refractivity contribution in [3.05, 3.63) is 40.3 Å². The molecule has 2 rings (SSSR count). The lowest BCUT2D eigenvalue weighted by Crippen LogP contribution is -2.33. The first kappa shape index (κ1) is 19.6. The summed E-state index contributed by atoms with van der Waals surface area (Å²) in [6, 6.07) is 5.64. The Bertz CT molecular complexity index is 772. The molecule has 0 radical (unpaired) electrons. The van der Waals surface area contributed by atoms with E-state index >= 15 is 0 Å². The second-order valence-electron chi connectivity index (χ2n) is 6.79. The number of hydrogen-bond donors (Lipinski definition) is 1. The zero-order valence-corrected chi connectivity index (χ0v) is 15.4. The number of benzene rings is 1. The predicted molar refractivity (Wildman–Crippen MR) is 96.2 cm³/mol. The second-order valence-corrected chi connectivity index (χ2v) is 6.79. The lowest BCUT2D eigenvalue weighted by atomic mass is 9.98. The molecule has 0 spiro atoms. The maximum absolute atomic E-state index is 12.2. The van der Waals surface area contributed by atoms with Gasteiger partial charge in [-0.2, -0.15) is 4.98 Å². The number of amides is 1. The van der Waals surface area contributed by atoms with E-state index in [1.54, 1.807) is 12.1 Å². The highest BCUT2D eigenvalue weighted by Crippen LogP contribution is 2.27. The Hall–Kier alpha value is -2.77. The minimum atomic E-state index is -0.474. The van der Waals surface area contributed by atoms with Crippen LogP contribution >= 0.6 is 0 Å². The second kappa shape index (κ2) is 8.55. The maximum atomic E-state index is 12.2. The average Bonchev–Trinajstić information content (AvgIpc) is 3.08. The third-order valence-electron chi connectivity index (χ3n) is 4.15. The number of hydrogen-bond acceptors (Lipinski definition) is 6. The van der Waals surface area contributed by atoms with Crippen molar-refractivity contribution in [2.75, 3.05) is 0 Å². The summed E-state index contributed by atoms with van der Waals surface area (Å²) in [6.07, 6.45) is 1.24. The van der Waals surface area contributed by atoms with Crippen LogP contribution in [-0.4, -0.2) is 21.0 Å². The summed E-state index contributed by atoms with van der Waals surface area (Å²) in [4.78, 5) is 27.0. The smallest absolute Gasteiger partial charge is 0.270 e. The summed E-state index contributed by atoms with van der Waals surface area (Å²) in [6.45, 7) is 7.97. The number of nitro benzene ring substituents is 1. The number of nitrogens with zero attached hydrogens (tertiary/aromatic N) is 3. The Kier molecular flexibility index (Phi) is 6.43. The van der Waals surface area contributed by atoms with Gasteiger partial charge >= 0.3 is 0 Å². The van der Waals surface area contributed by atoms with Crippen LogP contribution in [0, 0.1) is 22.0 Å². The first-order valence-electron chi connectivity index (χ1n) is 8.69. The molecular formula is C18H24N4O4. The molecule has 2 aromatic rings. The van der Waals surface area contributed by atoms with E-state index in [2.05, 4.69) is 15.5 Å². The van der Waals surface area contributed by atoms with Crippen molar-refractivity contribution in [3.63, 3.8) is 0 Å². The molecule has 0 saturated heterocycles. The van der Waals surface area contributed by atoms with E-state index in [9.17, 15) is 14.9 Å². The van der Waals surface area contributed by atoms with Gasteiger partial charge in [0.15, 0.2) is 0 Å². The summed E-state index contributed by atoms with van der Waals surface area (Å²) in [5.41, 5.74) is 0.447. The molecule has 0 aliphatic carbocycles. The number of non-ortho nitro benzene ring substituents is 1. The van der Waals surface area contributed by atoms with E-state index in [1.165, 1.54) is 12.1 Å². The number of nitrogens with one attached hydrogen (secondary N) is 1. The highest BCUT2D eigenvalue weighted by Gasteiger charge is 2.26. The molecule has 1 N–H and O–H groups in total. The normalized spacial score (nSPS) is 13.4. The molecule has 26 heavy (non-hydrogen) atoms. The number of aromatic nitrogens is 2. The van der Waals surface area contributed by atoms with Crippen molar-refractivity contribution in [3.8, 4) is 11.4 Å². The topological polar surface area (TPSA) is 111 Å².